The van der Waals surface area contributed by atoms with Gasteiger partial charge in [-0.25, -0.2) is 0 Å². The Hall–Kier alpha value is -2.61. The molecule has 5 nitrogen and oxygen atoms in total. The average Bonchev–Trinajstić information content (AvgIpc) is 2.53. The summed E-state index contributed by atoms with van der Waals surface area (Å²) < 4.78 is 6.93. The highest BCUT2D eigenvalue weighted by Gasteiger charge is 2.15. The molecule has 0 spiro atoms. The van der Waals surface area contributed by atoms with E-state index in [0.29, 0.717) is 30.2 Å². The number of hydrogen-bond acceptors (Lipinski definition) is 4. The summed E-state index contributed by atoms with van der Waals surface area (Å²) in [4.78, 5) is 24.2. The Labute approximate surface area is 147 Å². The van der Waals surface area contributed by atoms with Crippen molar-refractivity contribution in [3.8, 4) is 6.07 Å². The van der Waals surface area contributed by atoms with Crippen LogP contribution in [-0.2, 0) is 23.0 Å². The summed E-state index contributed by atoms with van der Waals surface area (Å²) in [5.74, 6) is -0.196. The third-order valence-electron chi connectivity index (χ3n) is 3.95. The number of nitrogens with zero attached hydrogens (tertiary/aromatic N) is 2. The number of carbonyl (C=O) groups excluding carboxylic acids is 1. The summed E-state index contributed by atoms with van der Waals surface area (Å²) in [6.07, 6.45) is 2.56. The van der Waals surface area contributed by atoms with Gasteiger partial charge in [0.25, 0.3) is 5.56 Å². The minimum absolute atomic E-state index is 0.0656. The van der Waals surface area contributed by atoms with Crippen LogP contribution in [0.1, 0.15) is 51.3 Å². The molecule has 0 aliphatic heterocycles. The molecule has 0 aliphatic carbocycles. The van der Waals surface area contributed by atoms with E-state index in [1.807, 2.05) is 26.8 Å². The molecule has 25 heavy (non-hydrogen) atoms. The highest BCUT2D eigenvalue weighted by molar-refractivity contribution is 5.83. The minimum atomic E-state index is -0.461. The molecule has 2 rings (SSSR count). The van der Waals surface area contributed by atoms with E-state index in [9.17, 15) is 9.59 Å². The van der Waals surface area contributed by atoms with Gasteiger partial charge in [0.2, 0.25) is 0 Å². The van der Waals surface area contributed by atoms with Crippen molar-refractivity contribution < 1.29 is 9.53 Å². The van der Waals surface area contributed by atoms with Gasteiger partial charge in [0.15, 0.2) is 0 Å². The van der Waals surface area contributed by atoms with E-state index in [-0.39, 0.29) is 11.5 Å². The fourth-order valence-electron chi connectivity index (χ4n) is 2.74. The Kier molecular flexibility index (Phi) is 5.63. The molecule has 1 aromatic heterocycles. The molecule has 1 aromatic carbocycles. The van der Waals surface area contributed by atoms with Gasteiger partial charge >= 0.3 is 5.97 Å². The Morgan fingerprint density at radius 1 is 1.24 bits per heavy atom. The summed E-state index contributed by atoms with van der Waals surface area (Å²) in [5.41, 5.74) is 0.912. The Bertz CT molecular complexity index is 883. The van der Waals surface area contributed by atoms with Gasteiger partial charge in [-0.3, -0.25) is 9.59 Å². The van der Waals surface area contributed by atoms with Crippen LogP contribution in [0.3, 0.4) is 0 Å². The van der Waals surface area contributed by atoms with Gasteiger partial charge in [0, 0.05) is 24.5 Å². The Morgan fingerprint density at radius 2 is 1.96 bits per heavy atom. The first kappa shape index (κ1) is 18.7. The zero-order chi connectivity index (χ0) is 18.6. The van der Waals surface area contributed by atoms with Crippen molar-refractivity contribution in [2.75, 3.05) is 0 Å². The molecule has 132 valence electrons. The topological polar surface area (TPSA) is 72.1 Å². The van der Waals surface area contributed by atoms with Crippen LogP contribution in [0.4, 0.5) is 0 Å². The van der Waals surface area contributed by atoms with Crippen LogP contribution in [0.5, 0.6) is 0 Å². The molecule has 0 saturated heterocycles. The monoisotopic (exact) mass is 340 g/mol. The van der Waals surface area contributed by atoms with Crippen LogP contribution >= 0.6 is 0 Å². The van der Waals surface area contributed by atoms with Crippen LogP contribution < -0.4 is 5.56 Å². The lowest BCUT2D eigenvalue weighted by atomic mass is 10.1. The molecule has 0 amide bonds. The van der Waals surface area contributed by atoms with Crippen LogP contribution in [-0.4, -0.2) is 16.1 Å². The second kappa shape index (κ2) is 7.52. The molecule has 0 bridgehead atoms. The average molecular weight is 340 g/mol. The molecule has 1 heterocycles. The standard InChI is InChI=1S/C20H24N2O3/c1-20(2,3)25-18(23)8-6-5-7-16-12-15-11-14(13-21)9-10-17(15)19(24)22(16)4/h9-12H,5-8H2,1-4H3. The normalized spacial score (nSPS) is 11.3. The maximum absolute atomic E-state index is 12.5. The highest BCUT2D eigenvalue weighted by Crippen LogP contribution is 2.16. The largest absolute Gasteiger partial charge is 0.460 e. The third kappa shape index (κ3) is 4.93. The third-order valence-corrected chi connectivity index (χ3v) is 3.95. The number of nitriles is 1. The van der Waals surface area contributed by atoms with E-state index in [4.69, 9.17) is 10.00 Å². The predicted molar refractivity (Wildman–Crippen MR) is 97.3 cm³/mol. The molecular formula is C20H24N2O3. The molecule has 0 fully saturated rings. The van der Waals surface area contributed by atoms with Gasteiger partial charge in [-0.05, 0) is 69.7 Å². The summed E-state index contributed by atoms with van der Waals surface area (Å²) in [6, 6.07) is 9.14. The smallest absolute Gasteiger partial charge is 0.306 e. The zero-order valence-electron chi connectivity index (χ0n) is 15.3. The first-order valence-electron chi connectivity index (χ1n) is 8.46. The lowest BCUT2D eigenvalue weighted by molar-refractivity contribution is -0.154. The maximum Gasteiger partial charge on any atom is 0.306 e. The van der Waals surface area contributed by atoms with Crippen molar-refractivity contribution in [2.45, 2.75) is 52.1 Å². The number of aryl methyl sites for hydroxylation is 1. The van der Waals surface area contributed by atoms with Crippen molar-refractivity contribution in [1.29, 1.82) is 5.26 Å². The van der Waals surface area contributed by atoms with Crippen molar-refractivity contribution in [1.82, 2.24) is 4.57 Å². The summed E-state index contributed by atoms with van der Waals surface area (Å²) in [7, 11) is 1.75. The molecule has 0 N–H and O–H groups in total. The number of ether oxygens (including phenoxy) is 1. The predicted octanol–water partition coefficient (Wildman–Crippen LogP) is 3.46. The van der Waals surface area contributed by atoms with Crippen LogP contribution in [0, 0.1) is 11.3 Å². The molecule has 0 radical (unpaired) electrons. The van der Waals surface area contributed by atoms with Crippen LogP contribution in [0.2, 0.25) is 0 Å². The number of esters is 1. The Morgan fingerprint density at radius 3 is 2.60 bits per heavy atom. The van der Waals surface area contributed by atoms with Gasteiger partial charge in [-0.15, -0.1) is 0 Å². The van der Waals surface area contributed by atoms with Gasteiger partial charge < -0.3 is 9.30 Å². The molecule has 0 unspecified atom stereocenters. The van der Waals surface area contributed by atoms with E-state index < -0.39 is 5.60 Å². The summed E-state index contributed by atoms with van der Waals surface area (Å²) in [5, 5.41) is 10.4. The van der Waals surface area contributed by atoms with Gasteiger partial charge in [-0.2, -0.15) is 5.26 Å². The van der Waals surface area contributed by atoms with Gasteiger partial charge in [0.1, 0.15) is 5.60 Å². The van der Waals surface area contributed by atoms with Gasteiger partial charge in [-0.1, -0.05) is 0 Å². The number of carbonyl (C=O) groups is 1. The van der Waals surface area contributed by atoms with Crippen molar-refractivity contribution in [2.24, 2.45) is 7.05 Å². The van der Waals surface area contributed by atoms with E-state index >= 15 is 0 Å². The number of aromatic nitrogens is 1. The molecule has 0 aliphatic rings. The van der Waals surface area contributed by atoms with E-state index in [1.165, 1.54) is 0 Å². The maximum atomic E-state index is 12.5. The second-order valence-electron chi connectivity index (χ2n) is 7.21. The number of hydrogen-bond donors (Lipinski definition) is 0. The Balaban J connectivity index is 2.06. The minimum Gasteiger partial charge on any atom is -0.460 e. The van der Waals surface area contributed by atoms with E-state index in [1.54, 1.807) is 29.8 Å². The number of pyridine rings is 1. The lowest BCUT2D eigenvalue weighted by Gasteiger charge is -2.19. The fraction of sp³-hybridized carbons (Fsp3) is 0.450. The molecule has 0 saturated carbocycles. The number of rotatable bonds is 5. The number of benzene rings is 1. The fourth-order valence-corrected chi connectivity index (χ4v) is 2.74. The van der Waals surface area contributed by atoms with Crippen LogP contribution in [0.25, 0.3) is 10.8 Å². The summed E-state index contributed by atoms with van der Waals surface area (Å²) in [6.45, 7) is 5.56. The lowest BCUT2D eigenvalue weighted by Crippen LogP contribution is -2.23. The summed E-state index contributed by atoms with van der Waals surface area (Å²) >= 11 is 0. The van der Waals surface area contributed by atoms with Crippen molar-refractivity contribution in [3.05, 3.63) is 45.9 Å². The molecule has 2 aromatic rings. The SMILES string of the molecule is Cn1c(CCCCC(=O)OC(C)(C)C)cc2cc(C#N)ccc2c1=O. The zero-order valence-corrected chi connectivity index (χ0v) is 15.3. The first-order chi connectivity index (χ1) is 11.7. The van der Waals surface area contributed by atoms with E-state index in [0.717, 1.165) is 17.5 Å². The van der Waals surface area contributed by atoms with E-state index in [2.05, 4.69) is 6.07 Å². The highest BCUT2D eigenvalue weighted by atomic mass is 16.6. The van der Waals surface area contributed by atoms with Crippen molar-refractivity contribution >= 4 is 16.7 Å². The molecular weight excluding hydrogens is 316 g/mol. The second-order valence-corrected chi connectivity index (χ2v) is 7.21. The first-order valence-corrected chi connectivity index (χ1v) is 8.46. The quantitative estimate of drug-likeness (QED) is 0.617. The van der Waals surface area contributed by atoms with Crippen LogP contribution in [0.15, 0.2) is 29.1 Å². The van der Waals surface area contributed by atoms with Gasteiger partial charge in [0.05, 0.1) is 11.6 Å². The molecule has 5 heteroatoms. The number of fused-ring (bicyclic) bond motifs is 1. The number of unbranched alkanes of at least 4 members (excludes halogenated alkanes) is 1. The van der Waals surface area contributed by atoms with Crippen molar-refractivity contribution in [3.63, 3.8) is 0 Å². The molecule has 0 atom stereocenters.